The van der Waals surface area contributed by atoms with Crippen molar-refractivity contribution in [3.05, 3.63) is 27.7 Å². The van der Waals surface area contributed by atoms with Crippen LogP contribution >= 0.6 is 27.5 Å². The first-order valence-corrected chi connectivity index (χ1v) is 7.18. The molecule has 1 aromatic carbocycles. The summed E-state index contributed by atoms with van der Waals surface area (Å²) in [6.07, 6.45) is 2.12. The second-order valence-electron chi connectivity index (χ2n) is 3.87. The fourth-order valence-corrected chi connectivity index (χ4v) is 2.22. The number of halogens is 2. The monoisotopic (exact) mass is 335 g/mol. The van der Waals surface area contributed by atoms with Gasteiger partial charge in [0.2, 0.25) is 0 Å². The number of hydrogen-bond acceptors (Lipinski definition) is 3. The zero-order valence-corrected chi connectivity index (χ0v) is 12.9. The van der Waals surface area contributed by atoms with Gasteiger partial charge in [-0.25, -0.2) is 0 Å². The first-order valence-electron chi connectivity index (χ1n) is 6.01. The number of methoxy groups -OCH3 is 1. The lowest BCUT2D eigenvalue weighted by molar-refractivity contribution is 0.199. The molecule has 3 nitrogen and oxygen atoms in total. The van der Waals surface area contributed by atoms with Crippen molar-refractivity contribution in [2.45, 2.75) is 12.8 Å². The maximum Gasteiger partial charge on any atom is 0.133 e. The Morgan fingerprint density at radius 2 is 2.06 bits per heavy atom. The Morgan fingerprint density at radius 3 is 2.78 bits per heavy atom. The Bertz CT molecular complexity index is 350. The molecule has 0 aliphatic carbocycles. The van der Waals surface area contributed by atoms with Crippen LogP contribution in [-0.4, -0.2) is 33.4 Å². The van der Waals surface area contributed by atoms with E-state index in [9.17, 15) is 0 Å². The van der Waals surface area contributed by atoms with Crippen molar-refractivity contribution < 1.29 is 9.47 Å². The summed E-state index contributed by atoms with van der Waals surface area (Å²) in [6.45, 7) is 3.37. The SMILES string of the molecule is COCCNCCCCOc1ccc(Cl)cc1Br. The minimum atomic E-state index is 0.705. The van der Waals surface area contributed by atoms with Crippen LogP contribution in [0.1, 0.15) is 12.8 Å². The summed E-state index contributed by atoms with van der Waals surface area (Å²) in [5.74, 6) is 0.840. The highest BCUT2D eigenvalue weighted by atomic mass is 79.9. The van der Waals surface area contributed by atoms with Crippen LogP contribution in [0.3, 0.4) is 0 Å². The number of benzene rings is 1. The van der Waals surface area contributed by atoms with Crippen molar-refractivity contribution in [1.29, 1.82) is 0 Å². The van der Waals surface area contributed by atoms with E-state index < -0.39 is 0 Å². The summed E-state index contributed by atoms with van der Waals surface area (Å²) in [5, 5.41) is 4.00. The molecule has 0 fully saturated rings. The molecule has 1 N–H and O–H groups in total. The van der Waals surface area contributed by atoms with Gasteiger partial charge in [0.15, 0.2) is 0 Å². The lowest BCUT2D eigenvalue weighted by Crippen LogP contribution is -2.20. The normalized spacial score (nSPS) is 10.6. The van der Waals surface area contributed by atoms with E-state index in [0.29, 0.717) is 11.6 Å². The van der Waals surface area contributed by atoms with Crippen LogP contribution in [-0.2, 0) is 4.74 Å². The topological polar surface area (TPSA) is 30.5 Å². The summed E-state index contributed by atoms with van der Waals surface area (Å²) in [6, 6.07) is 5.54. The van der Waals surface area contributed by atoms with Gasteiger partial charge in [0.25, 0.3) is 0 Å². The highest BCUT2D eigenvalue weighted by Gasteiger charge is 2.01. The minimum absolute atomic E-state index is 0.705. The third-order valence-corrected chi connectivity index (χ3v) is 3.24. The molecule has 0 heterocycles. The Kier molecular flexibility index (Phi) is 8.42. The standard InChI is InChI=1S/C13H19BrClNO2/c1-17-9-7-16-6-2-3-8-18-13-5-4-11(15)10-12(13)14/h4-5,10,16H,2-3,6-9H2,1H3. The van der Waals surface area contributed by atoms with Crippen LogP contribution in [0, 0.1) is 0 Å². The van der Waals surface area contributed by atoms with Gasteiger partial charge in [-0.1, -0.05) is 11.6 Å². The maximum absolute atomic E-state index is 5.86. The molecule has 0 aliphatic rings. The second-order valence-corrected chi connectivity index (χ2v) is 5.16. The molecule has 0 saturated carbocycles. The average molecular weight is 337 g/mol. The molecule has 5 heteroatoms. The van der Waals surface area contributed by atoms with Gasteiger partial charge in [-0.05, 0) is 53.5 Å². The van der Waals surface area contributed by atoms with Gasteiger partial charge in [0.05, 0.1) is 17.7 Å². The lowest BCUT2D eigenvalue weighted by atomic mass is 10.3. The summed E-state index contributed by atoms with van der Waals surface area (Å²) < 4.78 is 11.5. The van der Waals surface area contributed by atoms with Crippen molar-refractivity contribution >= 4 is 27.5 Å². The number of nitrogens with one attached hydrogen (secondary N) is 1. The van der Waals surface area contributed by atoms with E-state index in [1.54, 1.807) is 7.11 Å². The van der Waals surface area contributed by atoms with Crippen molar-refractivity contribution in [2.24, 2.45) is 0 Å². The van der Waals surface area contributed by atoms with E-state index >= 15 is 0 Å². The molecule has 0 bridgehead atoms. The largest absolute Gasteiger partial charge is 0.492 e. The maximum atomic E-state index is 5.86. The van der Waals surface area contributed by atoms with Gasteiger partial charge < -0.3 is 14.8 Å². The Balaban J connectivity index is 2.07. The molecule has 0 atom stereocenters. The fourth-order valence-electron chi connectivity index (χ4n) is 1.43. The molecule has 0 aliphatic heterocycles. The average Bonchev–Trinajstić information content (AvgIpc) is 2.35. The molecular formula is C13H19BrClNO2. The second kappa shape index (κ2) is 9.62. The fraction of sp³-hybridized carbons (Fsp3) is 0.538. The Morgan fingerprint density at radius 1 is 1.22 bits per heavy atom. The summed E-state index contributed by atoms with van der Waals surface area (Å²) in [7, 11) is 1.71. The van der Waals surface area contributed by atoms with Gasteiger partial charge in [-0.3, -0.25) is 0 Å². The van der Waals surface area contributed by atoms with Crippen molar-refractivity contribution in [3.8, 4) is 5.75 Å². The van der Waals surface area contributed by atoms with Gasteiger partial charge in [-0.15, -0.1) is 0 Å². The number of unbranched alkanes of at least 4 members (excludes halogenated alkanes) is 1. The van der Waals surface area contributed by atoms with E-state index in [-0.39, 0.29) is 0 Å². The minimum Gasteiger partial charge on any atom is -0.492 e. The number of rotatable bonds is 9. The van der Waals surface area contributed by atoms with E-state index in [4.69, 9.17) is 21.1 Å². The molecule has 0 amide bonds. The Labute approximate surface area is 122 Å². The molecule has 0 radical (unpaired) electrons. The smallest absolute Gasteiger partial charge is 0.133 e. The van der Waals surface area contributed by atoms with Crippen LogP contribution in [0.5, 0.6) is 5.75 Å². The molecule has 0 unspecified atom stereocenters. The number of hydrogen-bond donors (Lipinski definition) is 1. The molecule has 18 heavy (non-hydrogen) atoms. The molecule has 1 rings (SSSR count). The Hall–Kier alpha value is -0.290. The van der Waals surface area contributed by atoms with Gasteiger partial charge in [-0.2, -0.15) is 0 Å². The van der Waals surface area contributed by atoms with Crippen LogP contribution < -0.4 is 10.1 Å². The predicted molar refractivity (Wildman–Crippen MR) is 78.6 cm³/mol. The highest BCUT2D eigenvalue weighted by molar-refractivity contribution is 9.10. The molecule has 0 aromatic heterocycles. The van der Waals surface area contributed by atoms with Gasteiger partial charge in [0.1, 0.15) is 5.75 Å². The van der Waals surface area contributed by atoms with E-state index in [1.807, 2.05) is 18.2 Å². The van der Waals surface area contributed by atoms with Crippen LogP contribution in [0.4, 0.5) is 0 Å². The number of ether oxygens (including phenoxy) is 2. The quantitative estimate of drug-likeness (QED) is 0.700. The molecule has 0 spiro atoms. The summed E-state index contributed by atoms with van der Waals surface area (Å²) in [4.78, 5) is 0. The lowest BCUT2D eigenvalue weighted by Gasteiger charge is -2.08. The molecule has 0 saturated heterocycles. The zero-order valence-electron chi connectivity index (χ0n) is 10.5. The first kappa shape index (κ1) is 15.8. The summed E-state index contributed by atoms with van der Waals surface area (Å²) >= 11 is 9.28. The van der Waals surface area contributed by atoms with E-state index in [0.717, 1.165) is 42.8 Å². The molecule has 1 aromatic rings. The van der Waals surface area contributed by atoms with Gasteiger partial charge in [0, 0.05) is 18.7 Å². The molecular weight excluding hydrogens is 318 g/mol. The predicted octanol–water partition coefficient (Wildman–Crippen LogP) is 3.50. The van der Waals surface area contributed by atoms with Crippen molar-refractivity contribution in [1.82, 2.24) is 5.32 Å². The van der Waals surface area contributed by atoms with E-state index in [2.05, 4.69) is 21.2 Å². The highest BCUT2D eigenvalue weighted by Crippen LogP contribution is 2.27. The molecule has 102 valence electrons. The summed E-state index contributed by atoms with van der Waals surface area (Å²) in [5.41, 5.74) is 0. The third kappa shape index (κ3) is 6.59. The van der Waals surface area contributed by atoms with Crippen molar-refractivity contribution in [3.63, 3.8) is 0 Å². The van der Waals surface area contributed by atoms with Crippen molar-refractivity contribution in [2.75, 3.05) is 33.4 Å². The van der Waals surface area contributed by atoms with Crippen LogP contribution in [0.25, 0.3) is 0 Å². The van der Waals surface area contributed by atoms with Crippen LogP contribution in [0.2, 0.25) is 5.02 Å². The third-order valence-electron chi connectivity index (χ3n) is 2.38. The van der Waals surface area contributed by atoms with E-state index in [1.165, 1.54) is 0 Å². The zero-order chi connectivity index (χ0) is 13.2. The van der Waals surface area contributed by atoms with Crippen LogP contribution in [0.15, 0.2) is 22.7 Å². The first-order chi connectivity index (χ1) is 8.74. The van der Waals surface area contributed by atoms with Gasteiger partial charge >= 0.3 is 0 Å².